The average Bonchev–Trinajstić information content (AvgIpc) is 2.87. The molecule has 0 radical (unpaired) electrons. The third-order valence-corrected chi connectivity index (χ3v) is 6.92. The SMILES string of the molecule is CCCNC(=O)[C@@H](Cc1ccccc1)N(Cc1cccc(Br)c1)C(=O)COc1cc(C)c(Cl)c(C)c1. The molecule has 1 N–H and O–H groups in total. The van der Waals surface area contributed by atoms with Crippen molar-refractivity contribution in [3.63, 3.8) is 0 Å². The van der Waals surface area contributed by atoms with Crippen LogP contribution in [0.5, 0.6) is 5.75 Å². The Kier molecular flexibility index (Phi) is 10.4. The van der Waals surface area contributed by atoms with Crippen LogP contribution in [0, 0.1) is 13.8 Å². The molecular formula is C29H32BrClN2O3. The van der Waals surface area contributed by atoms with Gasteiger partial charge in [0.25, 0.3) is 5.91 Å². The lowest BCUT2D eigenvalue weighted by Gasteiger charge is -2.31. The normalized spacial score (nSPS) is 11.6. The number of carbonyl (C=O) groups is 2. The quantitative estimate of drug-likeness (QED) is 0.295. The van der Waals surface area contributed by atoms with Gasteiger partial charge in [0, 0.05) is 29.0 Å². The topological polar surface area (TPSA) is 58.6 Å². The molecule has 5 nitrogen and oxygen atoms in total. The number of amides is 2. The molecule has 190 valence electrons. The summed E-state index contributed by atoms with van der Waals surface area (Å²) in [6.07, 6.45) is 1.21. The molecule has 0 bridgehead atoms. The second-order valence-corrected chi connectivity index (χ2v) is 10.1. The fourth-order valence-corrected chi connectivity index (χ4v) is 4.53. The number of halogens is 2. The highest BCUT2D eigenvalue weighted by atomic mass is 79.9. The number of aryl methyl sites for hydroxylation is 2. The molecule has 0 fully saturated rings. The number of rotatable bonds is 11. The molecule has 36 heavy (non-hydrogen) atoms. The zero-order valence-corrected chi connectivity index (χ0v) is 23.2. The molecule has 0 aliphatic carbocycles. The third-order valence-electron chi connectivity index (χ3n) is 5.83. The van der Waals surface area contributed by atoms with Crippen LogP contribution in [0.25, 0.3) is 0 Å². The highest BCUT2D eigenvalue weighted by Gasteiger charge is 2.30. The maximum atomic E-state index is 13.6. The Morgan fingerprint density at radius 1 is 1.00 bits per heavy atom. The minimum Gasteiger partial charge on any atom is -0.484 e. The molecular weight excluding hydrogens is 540 g/mol. The van der Waals surface area contributed by atoms with E-state index < -0.39 is 6.04 Å². The fourth-order valence-electron chi connectivity index (χ4n) is 3.97. The predicted octanol–water partition coefficient (Wildman–Crippen LogP) is 6.26. The molecule has 1 atom stereocenters. The van der Waals surface area contributed by atoms with E-state index >= 15 is 0 Å². The predicted molar refractivity (Wildman–Crippen MR) is 148 cm³/mol. The van der Waals surface area contributed by atoms with Gasteiger partial charge in [0.05, 0.1) is 0 Å². The molecule has 0 aliphatic rings. The highest BCUT2D eigenvalue weighted by molar-refractivity contribution is 9.10. The van der Waals surface area contributed by atoms with E-state index in [0.29, 0.717) is 23.7 Å². The largest absolute Gasteiger partial charge is 0.484 e. The Balaban J connectivity index is 1.91. The van der Waals surface area contributed by atoms with Gasteiger partial charge in [-0.05, 0) is 66.8 Å². The second kappa shape index (κ2) is 13.5. The van der Waals surface area contributed by atoms with Crippen molar-refractivity contribution in [2.75, 3.05) is 13.2 Å². The number of hydrogen-bond donors (Lipinski definition) is 1. The number of ether oxygens (including phenoxy) is 1. The van der Waals surface area contributed by atoms with Gasteiger partial charge in [-0.1, -0.05) is 76.9 Å². The molecule has 7 heteroatoms. The van der Waals surface area contributed by atoms with Gasteiger partial charge in [0.15, 0.2) is 6.61 Å². The van der Waals surface area contributed by atoms with Crippen molar-refractivity contribution in [2.24, 2.45) is 0 Å². The molecule has 0 saturated heterocycles. The van der Waals surface area contributed by atoms with Gasteiger partial charge in [0.2, 0.25) is 5.91 Å². The fraction of sp³-hybridized carbons (Fsp3) is 0.310. The van der Waals surface area contributed by atoms with E-state index in [9.17, 15) is 9.59 Å². The van der Waals surface area contributed by atoms with Gasteiger partial charge in [-0.25, -0.2) is 0 Å². The van der Waals surface area contributed by atoms with Crippen LogP contribution in [0.1, 0.15) is 35.6 Å². The summed E-state index contributed by atoms with van der Waals surface area (Å²) in [5, 5.41) is 3.66. The lowest BCUT2D eigenvalue weighted by molar-refractivity contribution is -0.142. The number of benzene rings is 3. The third kappa shape index (κ3) is 7.84. The Hall–Kier alpha value is -2.83. The molecule has 3 rings (SSSR count). The average molecular weight is 572 g/mol. The molecule has 0 saturated carbocycles. The van der Waals surface area contributed by atoms with Crippen molar-refractivity contribution in [1.29, 1.82) is 0 Å². The summed E-state index contributed by atoms with van der Waals surface area (Å²) < 4.78 is 6.81. The van der Waals surface area contributed by atoms with E-state index in [1.165, 1.54) is 0 Å². The van der Waals surface area contributed by atoms with Crippen molar-refractivity contribution in [1.82, 2.24) is 10.2 Å². The van der Waals surface area contributed by atoms with Gasteiger partial charge in [-0.2, -0.15) is 0 Å². The van der Waals surface area contributed by atoms with Gasteiger partial charge in [0.1, 0.15) is 11.8 Å². The zero-order valence-electron chi connectivity index (χ0n) is 20.9. The standard InChI is InChI=1S/C29H32BrClN2O3/c1-4-13-32-29(35)26(17-22-9-6-5-7-10-22)33(18-23-11-8-12-24(30)16-23)27(34)19-36-25-14-20(2)28(31)21(3)15-25/h5-12,14-16,26H,4,13,17-19H2,1-3H3,(H,32,35)/t26-/m1/s1. The first kappa shape index (κ1) is 27.8. The summed E-state index contributed by atoms with van der Waals surface area (Å²) in [6.45, 7) is 6.43. The molecule has 0 unspecified atom stereocenters. The summed E-state index contributed by atoms with van der Waals surface area (Å²) in [6, 6.07) is 20.4. The van der Waals surface area contributed by atoms with Gasteiger partial charge in [-0.15, -0.1) is 0 Å². The molecule has 0 aliphatic heterocycles. The van der Waals surface area contributed by atoms with Crippen LogP contribution in [-0.2, 0) is 22.6 Å². The highest BCUT2D eigenvalue weighted by Crippen LogP contribution is 2.26. The maximum Gasteiger partial charge on any atom is 0.261 e. The molecule has 0 aromatic heterocycles. The van der Waals surface area contributed by atoms with Crippen molar-refractivity contribution < 1.29 is 14.3 Å². The van der Waals surface area contributed by atoms with Gasteiger partial charge >= 0.3 is 0 Å². The number of carbonyl (C=O) groups excluding carboxylic acids is 2. The smallest absolute Gasteiger partial charge is 0.261 e. The van der Waals surface area contributed by atoms with E-state index in [0.717, 1.165) is 33.1 Å². The minimum absolute atomic E-state index is 0.178. The van der Waals surface area contributed by atoms with Crippen LogP contribution >= 0.6 is 27.5 Å². The van der Waals surface area contributed by atoms with Crippen LogP contribution < -0.4 is 10.1 Å². The van der Waals surface area contributed by atoms with Crippen molar-refractivity contribution in [3.05, 3.63) is 98.5 Å². The van der Waals surface area contributed by atoms with E-state index in [1.807, 2.05) is 87.5 Å². The Labute approximate surface area is 226 Å². The molecule has 3 aromatic carbocycles. The van der Waals surface area contributed by atoms with E-state index in [-0.39, 0.29) is 25.0 Å². The lowest BCUT2D eigenvalue weighted by atomic mass is 10.0. The maximum absolute atomic E-state index is 13.6. The summed E-state index contributed by atoms with van der Waals surface area (Å²) in [5.41, 5.74) is 3.65. The van der Waals surface area contributed by atoms with Crippen LogP contribution in [0.4, 0.5) is 0 Å². The first-order valence-corrected chi connectivity index (χ1v) is 13.2. The van der Waals surface area contributed by atoms with E-state index in [1.54, 1.807) is 4.90 Å². The summed E-state index contributed by atoms with van der Waals surface area (Å²) in [4.78, 5) is 28.6. The van der Waals surface area contributed by atoms with Crippen LogP contribution in [0.3, 0.4) is 0 Å². The minimum atomic E-state index is -0.692. The number of hydrogen-bond acceptors (Lipinski definition) is 3. The van der Waals surface area contributed by atoms with E-state index in [4.69, 9.17) is 16.3 Å². The van der Waals surface area contributed by atoms with Crippen molar-refractivity contribution >= 4 is 39.3 Å². The summed E-state index contributed by atoms with van der Waals surface area (Å²) >= 11 is 9.79. The Morgan fingerprint density at radius 3 is 2.31 bits per heavy atom. The molecule has 0 spiro atoms. The lowest BCUT2D eigenvalue weighted by Crippen LogP contribution is -2.51. The van der Waals surface area contributed by atoms with Crippen LogP contribution in [0.2, 0.25) is 5.02 Å². The number of nitrogens with one attached hydrogen (secondary N) is 1. The Bertz CT molecular complexity index is 1160. The number of nitrogens with zero attached hydrogens (tertiary/aromatic N) is 1. The monoisotopic (exact) mass is 570 g/mol. The first-order valence-electron chi connectivity index (χ1n) is 12.0. The summed E-state index contributed by atoms with van der Waals surface area (Å²) in [5.74, 6) is 0.121. The van der Waals surface area contributed by atoms with Crippen LogP contribution in [-0.4, -0.2) is 35.9 Å². The summed E-state index contributed by atoms with van der Waals surface area (Å²) in [7, 11) is 0. The van der Waals surface area contributed by atoms with Crippen molar-refractivity contribution in [3.8, 4) is 5.75 Å². The van der Waals surface area contributed by atoms with Gasteiger partial charge < -0.3 is 15.0 Å². The second-order valence-electron chi connectivity index (χ2n) is 8.81. The Morgan fingerprint density at radius 2 is 1.67 bits per heavy atom. The first-order chi connectivity index (χ1) is 17.3. The molecule has 2 amide bonds. The van der Waals surface area contributed by atoms with Gasteiger partial charge in [-0.3, -0.25) is 9.59 Å². The molecule has 3 aromatic rings. The van der Waals surface area contributed by atoms with Crippen molar-refractivity contribution in [2.45, 2.75) is 46.2 Å². The van der Waals surface area contributed by atoms with E-state index in [2.05, 4.69) is 21.2 Å². The molecule has 0 heterocycles. The zero-order chi connectivity index (χ0) is 26.1. The van der Waals surface area contributed by atoms with Crippen LogP contribution in [0.15, 0.2) is 71.2 Å².